The van der Waals surface area contributed by atoms with Crippen LogP contribution < -0.4 is 5.32 Å². The highest BCUT2D eigenvalue weighted by atomic mass is 32.2. The Labute approximate surface area is 110 Å². The molecule has 0 aromatic rings. The van der Waals surface area contributed by atoms with Gasteiger partial charge in [0, 0.05) is 19.2 Å². The van der Waals surface area contributed by atoms with E-state index < -0.39 is 14.6 Å². The van der Waals surface area contributed by atoms with Crippen molar-refractivity contribution in [1.29, 1.82) is 0 Å². The molecular formula is C13H23NO3S. The van der Waals surface area contributed by atoms with Crippen LogP contribution >= 0.6 is 0 Å². The maximum absolute atomic E-state index is 11.7. The highest BCUT2D eigenvalue weighted by molar-refractivity contribution is 7.92. The van der Waals surface area contributed by atoms with E-state index in [1.54, 1.807) is 13.8 Å². The Kier molecular flexibility index (Phi) is 4.96. The zero-order chi connectivity index (χ0) is 13.8. The van der Waals surface area contributed by atoms with Crippen LogP contribution in [-0.2, 0) is 14.6 Å². The first kappa shape index (κ1) is 15.2. The Bertz CT molecular complexity index is 435. The molecule has 1 aliphatic rings. The second kappa shape index (κ2) is 5.87. The molecule has 1 amide bonds. The molecule has 5 heteroatoms. The van der Waals surface area contributed by atoms with Crippen LogP contribution in [0.3, 0.4) is 0 Å². The highest BCUT2D eigenvalue weighted by Crippen LogP contribution is 2.20. The van der Waals surface area contributed by atoms with Crippen LogP contribution in [0.1, 0.15) is 46.0 Å². The number of carbonyl (C=O) groups is 1. The Balaban J connectivity index is 2.44. The minimum atomic E-state index is -3.16. The summed E-state index contributed by atoms with van der Waals surface area (Å²) in [5, 5.41) is 2.72. The number of carbonyl (C=O) groups excluding carboxylic acids is 1. The van der Waals surface area contributed by atoms with Crippen molar-refractivity contribution in [2.75, 3.05) is 12.8 Å². The van der Waals surface area contributed by atoms with Gasteiger partial charge in [-0.3, -0.25) is 4.79 Å². The van der Waals surface area contributed by atoms with E-state index >= 15 is 0 Å². The molecule has 0 bridgehead atoms. The number of rotatable bonds is 5. The van der Waals surface area contributed by atoms with E-state index in [0.29, 0.717) is 6.42 Å². The Morgan fingerprint density at radius 3 is 2.56 bits per heavy atom. The summed E-state index contributed by atoms with van der Waals surface area (Å²) in [4.78, 5) is 11.7. The molecule has 1 aliphatic carbocycles. The van der Waals surface area contributed by atoms with Crippen molar-refractivity contribution in [3.8, 4) is 0 Å². The summed E-state index contributed by atoms with van der Waals surface area (Å²) in [5.74, 6) is -0.0834. The fraction of sp³-hybridized carbons (Fsp3) is 0.769. The predicted molar refractivity (Wildman–Crippen MR) is 73.1 cm³/mol. The summed E-state index contributed by atoms with van der Waals surface area (Å²) >= 11 is 0. The highest BCUT2D eigenvalue weighted by Gasteiger charge is 2.30. The third-order valence-electron chi connectivity index (χ3n) is 3.49. The molecule has 0 atom stereocenters. The van der Waals surface area contributed by atoms with Gasteiger partial charge in [0.2, 0.25) is 5.91 Å². The molecule has 104 valence electrons. The smallest absolute Gasteiger partial charge is 0.224 e. The monoisotopic (exact) mass is 273 g/mol. The molecule has 4 nitrogen and oxygen atoms in total. The van der Waals surface area contributed by atoms with Gasteiger partial charge in [0.15, 0.2) is 9.84 Å². The van der Waals surface area contributed by atoms with E-state index in [4.69, 9.17) is 0 Å². The van der Waals surface area contributed by atoms with Crippen LogP contribution in [0, 0.1) is 0 Å². The van der Waals surface area contributed by atoms with Crippen molar-refractivity contribution < 1.29 is 13.2 Å². The lowest BCUT2D eigenvalue weighted by Crippen LogP contribution is -2.43. The Morgan fingerprint density at radius 2 is 2.06 bits per heavy atom. The van der Waals surface area contributed by atoms with E-state index in [0.717, 1.165) is 19.3 Å². The van der Waals surface area contributed by atoms with Crippen LogP contribution in [-0.4, -0.2) is 31.9 Å². The molecular weight excluding hydrogens is 250 g/mol. The molecule has 18 heavy (non-hydrogen) atoms. The molecule has 0 spiro atoms. The van der Waals surface area contributed by atoms with E-state index in [2.05, 4.69) is 11.4 Å². The molecule has 0 saturated heterocycles. The van der Waals surface area contributed by atoms with Crippen molar-refractivity contribution in [3.63, 3.8) is 0 Å². The van der Waals surface area contributed by atoms with Crippen LogP contribution in [0.15, 0.2) is 11.6 Å². The normalized spacial score (nSPS) is 17.2. The average Bonchev–Trinajstić information content (AvgIpc) is 2.26. The van der Waals surface area contributed by atoms with Gasteiger partial charge in [0.05, 0.1) is 4.75 Å². The molecule has 0 aromatic carbocycles. The van der Waals surface area contributed by atoms with E-state index in [1.165, 1.54) is 18.2 Å². The van der Waals surface area contributed by atoms with Crippen LogP contribution in [0.4, 0.5) is 0 Å². The van der Waals surface area contributed by atoms with Gasteiger partial charge in [0.25, 0.3) is 0 Å². The largest absolute Gasteiger partial charge is 0.354 e. The van der Waals surface area contributed by atoms with E-state index in [9.17, 15) is 13.2 Å². The number of hydrogen-bond acceptors (Lipinski definition) is 3. The second-order valence-corrected chi connectivity index (χ2v) is 8.24. The molecule has 1 rings (SSSR count). The average molecular weight is 273 g/mol. The summed E-state index contributed by atoms with van der Waals surface area (Å²) < 4.78 is 22.1. The van der Waals surface area contributed by atoms with Gasteiger partial charge in [-0.15, -0.1) is 0 Å². The molecule has 0 fully saturated rings. The topological polar surface area (TPSA) is 63.2 Å². The summed E-state index contributed by atoms with van der Waals surface area (Å²) in [6, 6.07) is 0. The third kappa shape index (κ3) is 4.44. The minimum absolute atomic E-state index is 0.0834. The number of amides is 1. The van der Waals surface area contributed by atoms with Crippen LogP contribution in [0.5, 0.6) is 0 Å². The van der Waals surface area contributed by atoms with Gasteiger partial charge >= 0.3 is 0 Å². The number of sulfone groups is 1. The maximum atomic E-state index is 11.7. The molecule has 1 N–H and O–H groups in total. The molecule has 0 aromatic heterocycles. The Hall–Kier alpha value is -0.840. The standard InChI is InChI=1S/C13H23NO3S/c1-13(2,18(3,16)17)10-14-12(15)9-11-7-5-4-6-8-11/h7H,4-6,8-10H2,1-3H3,(H,14,15). The molecule has 0 radical (unpaired) electrons. The molecule has 0 saturated carbocycles. The van der Waals surface area contributed by atoms with Gasteiger partial charge in [0.1, 0.15) is 0 Å². The Morgan fingerprint density at radius 1 is 1.39 bits per heavy atom. The zero-order valence-electron chi connectivity index (χ0n) is 11.5. The fourth-order valence-electron chi connectivity index (χ4n) is 1.78. The van der Waals surface area contributed by atoms with Crippen molar-refractivity contribution in [2.24, 2.45) is 0 Å². The number of hydrogen-bond donors (Lipinski definition) is 1. The van der Waals surface area contributed by atoms with Crippen molar-refractivity contribution in [3.05, 3.63) is 11.6 Å². The summed E-state index contributed by atoms with van der Waals surface area (Å²) in [6.45, 7) is 3.42. The van der Waals surface area contributed by atoms with Crippen LogP contribution in [0.25, 0.3) is 0 Å². The summed E-state index contributed by atoms with van der Waals surface area (Å²) in [7, 11) is -3.16. The first-order valence-corrected chi connectivity index (χ1v) is 8.26. The van der Waals surface area contributed by atoms with Gasteiger partial charge in [-0.25, -0.2) is 8.42 Å². The van der Waals surface area contributed by atoms with Crippen molar-refractivity contribution in [2.45, 2.75) is 50.7 Å². The summed E-state index contributed by atoms with van der Waals surface area (Å²) in [6.07, 6.45) is 8.12. The quantitative estimate of drug-likeness (QED) is 0.777. The molecule has 0 aliphatic heterocycles. The first-order chi connectivity index (χ1) is 8.22. The van der Waals surface area contributed by atoms with E-state index in [1.807, 2.05) is 0 Å². The lowest BCUT2D eigenvalue weighted by Gasteiger charge is -2.23. The first-order valence-electron chi connectivity index (χ1n) is 6.36. The summed E-state index contributed by atoms with van der Waals surface area (Å²) in [5.41, 5.74) is 1.18. The van der Waals surface area contributed by atoms with Crippen molar-refractivity contribution >= 4 is 15.7 Å². The lowest BCUT2D eigenvalue weighted by atomic mass is 9.97. The zero-order valence-corrected chi connectivity index (χ0v) is 12.3. The van der Waals surface area contributed by atoms with E-state index in [-0.39, 0.29) is 12.5 Å². The van der Waals surface area contributed by atoms with Gasteiger partial charge < -0.3 is 5.32 Å². The fourth-order valence-corrected chi connectivity index (χ4v) is 2.11. The molecule has 0 unspecified atom stereocenters. The van der Waals surface area contributed by atoms with Gasteiger partial charge in [-0.1, -0.05) is 11.6 Å². The lowest BCUT2D eigenvalue weighted by molar-refractivity contribution is -0.120. The SMILES string of the molecule is CC(C)(CNC(=O)CC1=CCCCC1)S(C)(=O)=O. The molecule has 0 heterocycles. The number of allylic oxidation sites excluding steroid dienone is 1. The van der Waals surface area contributed by atoms with Crippen molar-refractivity contribution in [1.82, 2.24) is 5.32 Å². The van der Waals surface area contributed by atoms with Gasteiger partial charge in [-0.2, -0.15) is 0 Å². The predicted octanol–water partition coefficient (Wildman–Crippen LogP) is 1.82. The maximum Gasteiger partial charge on any atom is 0.224 e. The number of nitrogens with one attached hydrogen (secondary N) is 1. The van der Waals surface area contributed by atoms with Gasteiger partial charge in [-0.05, 0) is 39.5 Å². The van der Waals surface area contributed by atoms with Crippen LogP contribution in [0.2, 0.25) is 0 Å². The second-order valence-electron chi connectivity index (χ2n) is 5.59. The third-order valence-corrected chi connectivity index (χ3v) is 5.64. The minimum Gasteiger partial charge on any atom is -0.354 e.